The van der Waals surface area contributed by atoms with Crippen molar-refractivity contribution < 1.29 is 9.90 Å². The number of aliphatic hydroxyl groups is 1. The van der Waals surface area contributed by atoms with E-state index < -0.39 is 6.10 Å². The standard InChI is InChI=1S/C20H26N4O2/c1-2-19(25)18-11-17-13-23(9-10-24(17)21-18)20(26)14-22-8-7-15-5-3-4-6-16(15)12-22/h3-6,11,19,25H,2,7-10,12-14H2,1H3/t19-/m0/s1. The number of nitrogens with zero attached hydrogens (tertiary/aromatic N) is 4. The number of rotatable bonds is 4. The van der Waals surface area contributed by atoms with Crippen LogP contribution >= 0.6 is 0 Å². The zero-order valence-corrected chi connectivity index (χ0v) is 15.3. The summed E-state index contributed by atoms with van der Waals surface area (Å²) < 4.78 is 1.93. The summed E-state index contributed by atoms with van der Waals surface area (Å²) in [4.78, 5) is 16.9. The first-order chi connectivity index (χ1) is 12.6. The van der Waals surface area contributed by atoms with Gasteiger partial charge < -0.3 is 10.0 Å². The average molecular weight is 354 g/mol. The van der Waals surface area contributed by atoms with Crippen molar-refractivity contribution in [3.8, 4) is 0 Å². The molecule has 0 spiro atoms. The van der Waals surface area contributed by atoms with E-state index in [1.807, 2.05) is 22.6 Å². The molecule has 0 fully saturated rings. The normalized spacial score (nSPS) is 18.3. The summed E-state index contributed by atoms with van der Waals surface area (Å²) in [5, 5.41) is 14.5. The van der Waals surface area contributed by atoms with Gasteiger partial charge in [0.2, 0.25) is 5.91 Å². The molecule has 0 bridgehead atoms. The number of amides is 1. The Labute approximate surface area is 154 Å². The summed E-state index contributed by atoms with van der Waals surface area (Å²) in [5.74, 6) is 0.175. The molecule has 1 aromatic heterocycles. The summed E-state index contributed by atoms with van der Waals surface area (Å²) in [6.07, 6.45) is 1.13. The van der Waals surface area contributed by atoms with Gasteiger partial charge in [-0.15, -0.1) is 0 Å². The number of benzene rings is 1. The maximum atomic E-state index is 12.8. The van der Waals surface area contributed by atoms with Crippen LogP contribution < -0.4 is 0 Å². The minimum Gasteiger partial charge on any atom is -0.387 e. The van der Waals surface area contributed by atoms with E-state index in [4.69, 9.17) is 0 Å². The zero-order valence-electron chi connectivity index (χ0n) is 15.3. The fourth-order valence-corrected chi connectivity index (χ4v) is 3.85. The van der Waals surface area contributed by atoms with Crippen molar-refractivity contribution in [2.24, 2.45) is 0 Å². The van der Waals surface area contributed by atoms with E-state index in [1.165, 1.54) is 11.1 Å². The Morgan fingerprint density at radius 2 is 2.00 bits per heavy atom. The highest BCUT2D eigenvalue weighted by molar-refractivity contribution is 5.78. The Morgan fingerprint density at radius 3 is 2.81 bits per heavy atom. The highest BCUT2D eigenvalue weighted by Crippen LogP contribution is 2.21. The molecule has 2 aromatic rings. The van der Waals surface area contributed by atoms with E-state index in [0.717, 1.165) is 25.2 Å². The number of carbonyl (C=O) groups excluding carboxylic acids is 1. The van der Waals surface area contributed by atoms with Gasteiger partial charge in [0.05, 0.1) is 37.1 Å². The van der Waals surface area contributed by atoms with Gasteiger partial charge in [0.15, 0.2) is 0 Å². The maximum absolute atomic E-state index is 12.8. The summed E-state index contributed by atoms with van der Waals surface area (Å²) in [5.41, 5.74) is 4.46. The molecule has 0 aliphatic carbocycles. The maximum Gasteiger partial charge on any atom is 0.237 e. The highest BCUT2D eigenvalue weighted by Gasteiger charge is 2.26. The Hall–Kier alpha value is -2.18. The molecule has 1 N–H and O–H groups in total. The molecule has 2 aliphatic heterocycles. The SMILES string of the molecule is CC[C@H](O)c1cc2n(n1)CCN(C(=O)CN1CCc3ccccc3C1)C2. The average Bonchev–Trinajstić information content (AvgIpc) is 3.10. The van der Waals surface area contributed by atoms with Crippen molar-refractivity contribution in [3.05, 3.63) is 52.8 Å². The molecule has 2 aliphatic rings. The minimum absolute atomic E-state index is 0.175. The lowest BCUT2D eigenvalue weighted by Crippen LogP contribution is -2.45. The molecule has 1 aromatic carbocycles. The highest BCUT2D eigenvalue weighted by atomic mass is 16.3. The largest absolute Gasteiger partial charge is 0.387 e. The summed E-state index contributed by atoms with van der Waals surface area (Å²) in [6, 6.07) is 10.4. The second-order valence-electron chi connectivity index (χ2n) is 7.25. The fraction of sp³-hybridized carbons (Fsp3) is 0.500. The Bertz CT molecular complexity index is 801. The van der Waals surface area contributed by atoms with Crippen LogP contribution in [-0.2, 0) is 30.8 Å². The molecule has 0 radical (unpaired) electrons. The molecule has 0 saturated carbocycles. The molecular weight excluding hydrogens is 328 g/mol. The van der Waals surface area contributed by atoms with Crippen molar-refractivity contribution in [2.45, 2.75) is 45.5 Å². The van der Waals surface area contributed by atoms with Crippen LogP contribution in [-0.4, -0.2) is 50.2 Å². The quantitative estimate of drug-likeness (QED) is 0.908. The van der Waals surface area contributed by atoms with Crippen molar-refractivity contribution in [3.63, 3.8) is 0 Å². The second-order valence-corrected chi connectivity index (χ2v) is 7.25. The van der Waals surface area contributed by atoms with Gasteiger partial charge in [0, 0.05) is 19.6 Å². The third-order valence-electron chi connectivity index (χ3n) is 5.47. The van der Waals surface area contributed by atoms with Gasteiger partial charge >= 0.3 is 0 Å². The molecule has 0 unspecified atom stereocenters. The van der Waals surface area contributed by atoms with E-state index in [2.05, 4.69) is 34.3 Å². The molecule has 4 rings (SSSR count). The van der Waals surface area contributed by atoms with Gasteiger partial charge in [-0.2, -0.15) is 5.10 Å². The number of carbonyl (C=O) groups is 1. The smallest absolute Gasteiger partial charge is 0.237 e. The van der Waals surface area contributed by atoms with Crippen molar-refractivity contribution >= 4 is 5.91 Å². The molecule has 138 valence electrons. The van der Waals surface area contributed by atoms with Gasteiger partial charge in [-0.1, -0.05) is 31.2 Å². The van der Waals surface area contributed by atoms with Crippen molar-refractivity contribution in [2.75, 3.05) is 19.6 Å². The number of fused-ring (bicyclic) bond motifs is 2. The lowest BCUT2D eigenvalue weighted by molar-refractivity contribution is -0.134. The van der Waals surface area contributed by atoms with E-state index in [-0.39, 0.29) is 5.91 Å². The van der Waals surface area contributed by atoms with E-state index in [1.54, 1.807) is 0 Å². The first kappa shape index (κ1) is 17.2. The van der Waals surface area contributed by atoms with Crippen molar-refractivity contribution in [1.82, 2.24) is 19.6 Å². The predicted molar refractivity (Wildman–Crippen MR) is 98.3 cm³/mol. The van der Waals surface area contributed by atoms with Gasteiger partial charge in [0.1, 0.15) is 0 Å². The van der Waals surface area contributed by atoms with Crippen LogP contribution in [0.15, 0.2) is 30.3 Å². The first-order valence-electron chi connectivity index (χ1n) is 9.45. The number of aliphatic hydroxyl groups excluding tert-OH is 1. The molecular formula is C20H26N4O2. The van der Waals surface area contributed by atoms with Gasteiger partial charge in [-0.25, -0.2) is 0 Å². The lowest BCUT2D eigenvalue weighted by atomic mass is 10.00. The summed E-state index contributed by atoms with van der Waals surface area (Å²) in [7, 11) is 0. The number of hydrogen-bond donors (Lipinski definition) is 1. The molecule has 6 heteroatoms. The monoisotopic (exact) mass is 354 g/mol. The third kappa shape index (κ3) is 3.39. The van der Waals surface area contributed by atoms with Gasteiger partial charge in [-0.3, -0.25) is 14.4 Å². The van der Waals surface area contributed by atoms with Gasteiger partial charge in [0.25, 0.3) is 0 Å². The van der Waals surface area contributed by atoms with Crippen LogP contribution in [0, 0.1) is 0 Å². The van der Waals surface area contributed by atoms with Crippen LogP contribution in [0.25, 0.3) is 0 Å². The van der Waals surface area contributed by atoms with Crippen LogP contribution in [0.4, 0.5) is 0 Å². The molecule has 1 atom stereocenters. The fourth-order valence-electron chi connectivity index (χ4n) is 3.85. The Kier molecular flexibility index (Phi) is 4.78. The van der Waals surface area contributed by atoms with Crippen molar-refractivity contribution in [1.29, 1.82) is 0 Å². The third-order valence-corrected chi connectivity index (χ3v) is 5.47. The molecule has 0 saturated heterocycles. The molecule has 1 amide bonds. The van der Waals surface area contributed by atoms with E-state index in [9.17, 15) is 9.90 Å². The predicted octanol–water partition coefficient (Wildman–Crippen LogP) is 1.73. The topological polar surface area (TPSA) is 61.6 Å². The summed E-state index contributed by atoms with van der Waals surface area (Å²) in [6.45, 7) is 6.14. The summed E-state index contributed by atoms with van der Waals surface area (Å²) >= 11 is 0. The Balaban J connectivity index is 1.38. The van der Waals surface area contributed by atoms with E-state index >= 15 is 0 Å². The van der Waals surface area contributed by atoms with E-state index in [0.29, 0.717) is 38.3 Å². The number of hydrogen-bond acceptors (Lipinski definition) is 4. The molecule has 3 heterocycles. The second kappa shape index (κ2) is 7.21. The molecule has 6 nitrogen and oxygen atoms in total. The van der Waals surface area contributed by atoms with Crippen LogP contribution in [0.1, 0.15) is 42.0 Å². The lowest BCUT2D eigenvalue weighted by Gasteiger charge is -2.32. The van der Waals surface area contributed by atoms with Crippen LogP contribution in [0.2, 0.25) is 0 Å². The van der Waals surface area contributed by atoms with Crippen LogP contribution in [0.5, 0.6) is 0 Å². The number of aromatic nitrogens is 2. The zero-order chi connectivity index (χ0) is 18.1. The molecule has 26 heavy (non-hydrogen) atoms. The van der Waals surface area contributed by atoms with Gasteiger partial charge in [-0.05, 0) is 30.0 Å². The minimum atomic E-state index is -0.523. The van der Waals surface area contributed by atoms with Crippen LogP contribution in [0.3, 0.4) is 0 Å². The Morgan fingerprint density at radius 1 is 1.19 bits per heavy atom. The first-order valence-corrected chi connectivity index (χ1v) is 9.45.